The third-order valence-electron chi connectivity index (χ3n) is 3.49. The number of rotatable bonds is 6. The SMILES string of the molecule is CC(=O)Nc1ccc(NC(=O)CSc2nn(-c3ccc(Cl)c(Cl)c3)c(=S)s2)cc1. The Kier molecular flexibility index (Phi) is 7.31. The minimum Gasteiger partial charge on any atom is -0.326 e. The molecule has 2 amide bonds. The van der Waals surface area contributed by atoms with E-state index in [0.717, 1.165) is 0 Å². The molecule has 150 valence electrons. The van der Waals surface area contributed by atoms with Gasteiger partial charge in [0.25, 0.3) is 0 Å². The zero-order valence-corrected chi connectivity index (χ0v) is 18.9. The normalized spacial score (nSPS) is 10.6. The predicted molar refractivity (Wildman–Crippen MR) is 122 cm³/mol. The highest BCUT2D eigenvalue weighted by molar-refractivity contribution is 8.01. The molecule has 0 spiro atoms. The minimum absolute atomic E-state index is 0.152. The molecule has 0 atom stereocenters. The van der Waals surface area contributed by atoms with Gasteiger partial charge in [-0.05, 0) is 54.7 Å². The Morgan fingerprint density at radius 2 is 1.76 bits per heavy atom. The molecular weight excluding hydrogens is 471 g/mol. The summed E-state index contributed by atoms with van der Waals surface area (Å²) in [5.41, 5.74) is 2.01. The Hall–Kier alpha value is -1.91. The second-order valence-electron chi connectivity index (χ2n) is 5.74. The van der Waals surface area contributed by atoms with Gasteiger partial charge in [-0.1, -0.05) is 46.3 Å². The lowest BCUT2D eigenvalue weighted by Gasteiger charge is -2.06. The summed E-state index contributed by atoms with van der Waals surface area (Å²) in [6, 6.07) is 12.0. The van der Waals surface area contributed by atoms with Crippen LogP contribution in [-0.2, 0) is 9.59 Å². The molecule has 0 aliphatic rings. The molecule has 1 aromatic heterocycles. The highest BCUT2D eigenvalue weighted by Crippen LogP contribution is 2.28. The van der Waals surface area contributed by atoms with E-state index >= 15 is 0 Å². The number of nitrogens with zero attached hydrogens (tertiary/aromatic N) is 2. The van der Waals surface area contributed by atoms with Crippen molar-refractivity contribution in [2.24, 2.45) is 0 Å². The van der Waals surface area contributed by atoms with Crippen molar-refractivity contribution in [3.05, 3.63) is 56.5 Å². The van der Waals surface area contributed by atoms with E-state index < -0.39 is 0 Å². The molecule has 3 rings (SSSR count). The highest BCUT2D eigenvalue weighted by Gasteiger charge is 2.11. The summed E-state index contributed by atoms with van der Waals surface area (Å²) in [7, 11) is 0. The smallest absolute Gasteiger partial charge is 0.234 e. The Morgan fingerprint density at radius 3 is 2.38 bits per heavy atom. The van der Waals surface area contributed by atoms with Crippen molar-refractivity contribution in [3.8, 4) is 5.69 Å². The molecule has 0 fully saturated rings. The third kappa shape index (κ3) is 6.03. The number of thioether (sulfide) groups is 1. The lowest BCUT2D eigenvalue weighted by atomic mass is 10.3. The molecule has 0 unspecified atom stereocenters. The van der Waals surface area contributed by atoms with Crippen molar-refractivity contribution in [3.63, 3.8) is 0 Å². The van der Waals surface area contributed by atoms with Gasteiger partial charge in [0.15, 0.2) is 8.29 Å². The van der Waals surface area contributed by atoms with Gasteiger partial charge in [0.1, 0.15) is 0 Å². The Bertz CT molecular complexity index is 1110. The van der Waals surface area contributed by atoms with Gasteiger partial charge in [0.05, 0.1) is 21.5 Å². The van der Waals surface area contributed by atoms with E-state index in [1.807, 2.05) is 0 Å². The lowest BCUT2D eigenvalue weighted by molar-refractivity contribution is -0.114. The number of nitrogens with one attached hydrogen (secondary N) is 2. The van der Waals surface area contributed by atoms with Crippen molar-refractivity contribution >= 4 is 81.7 Å². The van der Waals surface area contributed by atoms with Crippen LogP contribution in [0, 0.1) is 3.95 Å². The summed E-state index contributed by atoms with van der Waals surface area (Å²) in [5, 5.41) is 10.8. The van der Waals surface area contributed by atoms with Gasteiger partial charge < -0.3 is 10.6 Å². The first-order chi connectivity index (χ1) is 13.8. The molecule has 6 nitrogen and oxygen atoms in total. The van der Waals surface area contributed by atoms with Crippen LogP contribution < -0.4 is 10.6 Å². The zero-order chi connectivity index (χ0) is 21.0. The number of anilines is 2. The summed E-state index contributed by atoms with van der Waals surface area (Å²) < 4.78 is 2.79. The quantitative estimate of drug-likeness (QED) is 0.348. The first-order valence-corrected chi connectivity index (χ1v) is 11.1. The maximum atomic E-state index is 12.2. The molecule has 0 radical (unpaired) electrons. The van der Waals surface area contributed by atoms with E-state index in [-0.39, 0.29) is 17.6 Å². The maximum Gasteiger partial charge on any atom is 0.234 e. The predicted octanol–water partition coefficient (Wildman–Crippen LogP) is 5.66. The van der Waals surface area contributed by atoms with Crippen LogP contribution >= 0.6 is 58.5 Å². The first kappa shape index (κ1) is 21.8. The van der Waals surface area contributed by atoms with Crippen LogP contribution in [0.15, 0.2) is 46.8 Å². The second-order valence-corrected chi connectivity index (χ2v) is 9.40. The number of carbonyl (C=O) groups is 2. The highest BCUT2D eigenvalue weighted by atomic mass is 35.5. The van der Waals surface area contributed by atoms with Crippen LogP contribution in [0.25, 0.3) is 5.69 Å². The van der Waals surface area contributed by atoms with E-state index in [1.165, 1.54) is 30.0 Å². The number of amides is 2. The molecule has 11 heteroatoms. The molecule has 3 aromatic rings. The first-order valence-electron chi connectivity index (χ1n) is 8.18. The second kappa shape index (κ2) is 9.73. The molecule has 0 saturated heterocycles. The van der Waals surface area contributed by atoms with Crippen molar-refractivity contribution in [1.29, 1.82) is 0 Å². The number of hydrogen-bond acceptors (Lipinski definition) is 6. The monoisotopic (exact) mass is 484 g/mol. The van der Waals surface area contributed by atoms with Crippen molar-refractivity contribution in [2.45, 2.75) is 11.3 Å². The summed E-state index contributed by atoms with van der Waals surface area (Å²) in [5.74, 6) is -0.151. The van der Waals surface area contributed by atoms with Crippen LogP contribution in [0.4, 0.5) is 11.4 Å². The fraction of sp³-hybridized carbons (Fsp3) is 0.111. The fourth-order valence-electron chi connectivity index (χ4n) is 2.26. The van der Waals surface area contributed by atoms with E-state index in [4.69, 9.17) is 35.4 Å². The number of carbonyl (C=O) groups excluding carboxylic acids is 2. The molecule has 1 heterocycles. The van der Waals surface area contributed by atoms with E-state index in [1.54, 1.807) is 47.1 Å². The van der Waals surface area contributed by atoms with Crippen molar-refractivity contribution in [1.82, 2.24) is 9.78 Å². The maximum absolute atomic E-state index is 12.2. The number of halogens is 2. The van der Waals surface area contributed by atoms with Gasteiger partial charge in [-0.25, -0.2) is 4.68 Å². The van der Waals surface area contributed by atoms with Gasteiger partial charge >= 0.3 is 0 Å². The number of benzene rings is 2. The summed E-state index contributed by atoms with van der Waals surface area (Å²) in [6.45, 7) is 1.44. The van der Waals surface area contributed by atoms with Crippen LogP contribution in [0.3, 0.4) is 0 Å². The fourth-order valence-corrected chi connectivity index (χ4v) is 4.72. The summed E-state index contributed by atoms with van der Waals surface area (Å²) >= 11 is 20.0. The molecule has 0 aliphatic heterocycles. The van der Waals surface area contributed by atoms with Gasteiger partial charge in [0, 0.05) is 18.3 Å². The van der Waals surface area contributed by atoms with Crippen LogP contribution in [0.5, 0.6) is 0 Å². The largest absolute Gasteiger partial charge is 0.326 e. The number of aromatic nitrogens is 2. The van der Waals surface area contributed by atoms with Crippen LogP contribution in [0.1, 0.15) is 6.92 Å². The standard InChI is InChI=1S/C18H14Cl2N4O2S3/c1-10(25)21-11-2-4-12(5-3-11)22-16(26)9-28-17-23-24(18(27)29-17)13-6-7-14(19)15(20)8-13/h2-8H,9H2,1H3,(H,21,25)(H,22,26). The topological polar surface area (TPSA) is 76.0 Å². The average molecular weight is 485 g/mol. The number of hydrogen-bond donors (Lipinski definition) is 2. The average Bonchev–Trinajstić information content (AvgIpc) is 3.04. The van der Waals surface area contributed by atoms with Crippen molar-refractivity contribution in [2.75, 3.05) is 16.4 Å². The zero-order valence-electron chi connectivity index (χ0n) is 14.9. The molecule has 0 saturated carbocycles. The summed E-state index contributed by atoms with van der Waals surface area (Å²) in [6.07, 6.45) is 0. The van der Waals surface area contributed by atoms with Gasteiger partial charge in [-0.15, -0.1) is 5.10 Å². The lowest BCUT2D eigenvalue weighted by Crippen LogP contribution is -2.14. The Balaban J connectivity index is 1.60. The molecule has 0 aliphatic carbocycles. The minimum atomic E-state index is -0.176. The van der Waals surface area contributed by atoms with Crippen molar-refractivity contribution < 1.29 is 9.59 Å². The molecule has 2 aromatic carbocycles. The van der Waals surface area contributed by atoms with E-state index in [2.05, 4.69) is 15.7 Å². The Labute approximate surface area is 190 Å². The van der Waals surface area contributed by atoms with Gasteiger partial charge in [-0.2, -0.15) is 0 Å². The molecular formula is C18H14Cl2N4O2S3. The van der Waals surface area contributed by atoms with E-state index in [9.17, 15) is 9.59 Å². The van der Waals surface area contributed by atoms with Crippen LogP contribution in [0.2, 0.25) is 10.0 Å². The third-order valence-corrected chi connectivity index (χ3v) is 6.60. The molecule has 29 heavy (non-hydrogen) atoms. The molecule has 0 bridgehead atoms. The van der Waals surface area contributed by atoms with Gasteiger partial charge in [-0.3, -0.25) is 9.59 Å². The Morgan fingerprint density at radius 1 is 1.10 bits per heavy atom. The van der Waals surface area contributed by atoms with Gasteiger partial charge in [0.2, 0.25) is 11.8 Å². The molecule has 2 N–H and O–H groups in total. The van der Waals surface area contributed by atoms with Crippen LogP contribution in [-0.4, -0.2) is 27.3 Å². The summed E-state index contributed by atoms with van der Waals surface area (Å²) in [4.78, 5) is 23.2. The van der Waals surface area contributed by atoms with E-state index in [0.29, 0.717) is 35.4 Å².